The van der Waals surface area contributed by atoms with Crippen molar-refractivity contribution in [3.05, 3.63) is 76.1 Å². The molecule has 1 aliphatic rings. The highest BCUT2D eigenvalue weighted by molar-refractivity contribution is 7.80. The van der Waals surface area contributed by atoms with E-state index in [9.17, 15) is 9.18 Å². The molecule has 2 N–H and O–H groups in total. The minimum atomic E-state index is -0.516. The second kappa shape index (κ2) is 6.71. The van der Waals surface area contributed by atoms with Crippen molar-refractivity contribution in [2.45, 2.75) is 13.0 Å². The molecule has 3 nitrogen and oxygen atoms in total. The molecule has 1 atom stereocenters. The Hall–Kier alpha value is -2.24. The summed E-state index contributed by atoms with van der Waals surface area (Å²) in [4.78, 5) is 12.3. The van der Waals surface area contributed by atoms with Crippen LogP contribution in [0.1, 0.15) is 24.1 Å². The number of nitrogens with one attached hydrogen (secondary N) is 2. The minimum absolute atomic E-state index is 0.128. The highest BCUT2D eigenvalue weighted by Gasteiger charge is 2.30. The van der Waals surface area contributed by atoms with E-state index in [1.165, 1.54) is 19.1 Å². The van der Waals surface area contributed by atoms with Crippen molar-refractivity contribution < 1.29 is 9.18 Å². The number of hydrogen-bond acceptors (Lipinski definition) is 2. The third-order valence-corrected chi connectivity index (χ3v) is 4.24. The molecular weight excluding hydrogens is 347 g/mol. The summed E-state index contributed by atoms with van der Waals surface area (Å²) in [5, 5.41) is 7.06. The largest absolute Gasteiger partial charge is 0.351 e. The van der Waals surface area contributed by atoms with E-state index in [1.54, 1.807) is 24.3 Å². The van der Waals surface area contributed by atoms with Gasteiger partial charge in [0.1, 0.15) is 5.82 Å². The first kappa shape index (κ1) is 16.6. The molecule has 0 aromatic heterocycles. The van der Waals surface area contributed by atoms with Crippen molar-refractivity contribution >= 4 is 40.4 Å². The normalized spacial score (nSPS) is 17.3. The number of carbonyl (C=O) groups is 1. The van der Waals surface area contributed by atoms with E-state index >= 15 is 0 Å². The molecule has 0 unspecified atom stereocenters. The Kier molecular flexibility index (Phi) is 4.64. The van der Waals surface area contributed by atoms with Crippen molar-refractivity contribution in [1.29, 1.82) is 0 Å². The second-order valence-electron chi connectivity index (χ2n) is 5.44. The van der Waals surface area contributed by atoms with Crippen LogP contribution in [0.4, 0.5) is 4.39 Å². The van der Waals surface area contributed by atoms with Gasteiger partial charge in [0.25, 0.3) is 0 Å². The van der Waals surface area contributed by atoms with Crippen LogP contribution in [0.3, 0.4) is 0 Å². The molecule has 3 rings (SSSR count). The Morgan fingerprint density at radius 2 is 1.92 bits per heavy atom. The first-order valence-electron chi connectivity index (χ1n) is 7.29. The van der Waals surface area contributed by atoms with Crippen LogP contribution in [0.2, 0.25) is 5.02 Å². The SMILES string of the molecule is CC(=O)C1=C(c2ccc(Cl)cc2)NC(=S)N[C@@H]1c1cccc(F)c1. The van der Waals surface area contributed by atoms with E-state index in [1.807, 2.05) is 12.1 Å². The number of benzene rings is 2. The van der Waals surface area contributed by atoms with Crippen molar-refractivity contribution in [3.8, 4) is 0 Å². The fourth-order valence-electron chi connectivity index (χ4n) is 2.72. The number of halogens is 2. The summed E-state index contributed by atoms with van der Waals surface area (Å²) >= 11 is 11.2. The first-order valence-corrected chi connectivity index (χ1v) is 8.08. The molecule has 0 amide bonds. The van der Waals surface area contributed by atoms with Crippen LogP contribution in [0, 0.1) is 5.82 Å². The number of thiocarbonyl (C=S) groups is 1. The van der Waals surface area contributed by atoms with Crippen molar-refractivity contribution in [3.63, 3.8) is 0 Å². The molecule has 0 aliphatic carbocycles. The highest BCUT2D eigenvalue weighted by Crippen LogP contribution is 2.32. The lowest BCUT2D eigenvalue weighted by Crippen LogP contribution is -2.44. The van der Waals surface area contributed by atoms with E-state index in [4.69, 9.17) is 23.8 Å². The van der Waals surface area contributed by atoms with Gasteiger partial charge in [0, 0.05) is 10.6 Å². The maximum Gasteiger partial charge on any atom is 0.171 e. The average Bonchev–Trinajstić information content (AvgIpc) is 2.54. The number of carbonyl (C=O) groups excluding carboxylic acids is 1. The van der Waals surface area contributed by atoms with Gasteiger partial charge in [0.2, 0.25) is 0 Å². The second-order valence-corrected chi connectivity index (χ2v) is 6.28. The number of hydrogen-bond donors (Lipinski definition) is 2. The molecule has 0 spiro atoms. The van der Waals surface area contributed by atoms with E-state index in [0.29, 0.717) is 27.0 Å². The van der Waals surface area contributed by atoms with Gasteiger partial charge in [-0.3, -0.25) is 4.79 Å². The predicted octanol–water partition coefficient (Wildman–Crippen LogP) is 4.00. The van der Waals surface area contributed by atoms with E-state index in [-0.39, 0.29) is 11.6 Å². The van der Waals surface area contributed by atoms with Gasteiger partial charge in [-0.2, -0.15) is 0 Å². The molecule has 0 saturated carbocycles. The molecule has 1 heterocycles. The molecule has 0 radical (unpaired) electrons. The average molecular weight is 361 g/mol. The fraction of sp³-hybridized carbons (Fsp3) is 0.111. The van der Waals surface area contributed by atoms with Crippen LogP contribution >= 0.6 is 23.8 Å². The summed E-state index contributed by atoms with van der Waals surface area (Å²) in [5.41, 5.74) is 2.53. The van der Waals surface area contributed by atoms with Gasteiger partial charge in [-0.05, 0) is 54.5 Å². The first-order chi connectivity index (χ1) is 11.5. The van der Waals surface area contributed by atoms with Gasteiger partial charge in [-0.1, -0.05) is 35.9 Å². The van der Waals surface area contributed by atoms with Crippen molar-refractivity contribution in [2.24, 2.45) is 0 Å². The van der Waals surface area contributed by atoms with Gasteiger partial charge >= 0.3 is 0 Å². The summed E-state index contributed by atoms with van der Waals surface area (Å²) in [5.74, 6) is -0.494. The highest BCUT2D eigenvalue weighted by atomic mass is 35.5. The van der Waals surface area contributed by atoms with Gasteiger partial charge < -0.3 is 10.6 Å². The lowest BCUT2D eigenvalue weighted by Gasteiger charge is -2.31. The Labute approximate surface area is 149 Å². The van der Waals surface area contributed by atoms with E-state index < -0.39 is 6.04 Å². The molecule has 0 saturated heterocycles. The van der Waals surface area contributed by atoms with Crippen molar-refractivity contribution in [1.82, 2.24) is 10.6 Å². The van der Waals surface area contributed by atoms with Gasteiger partial charge in [0.15, 0.2) is 10.9 Å². The van der Waals surface area contributed by atoms with Crippen LogP contribution in [-0.2, 0) is 4.79 Å². The van der Waals surface area contributed by atoms with Crippen LogP contribution in [0.5, 0.6) is 0 Å². The van der Waals surface area contributed by atoms with E-state index in [2.05, 4.69) is 10.6 Å². The third kappa shape index (κ3) is 3.32. The van der Waals surface area contributed by atoms with Crippen LogP contribution in [0.25, 0.3) is 5.70 Å². The van der Waals surface area contributed by atoms with Crippen LogP contribution in [0.15, 0.2) is 54.1 Å². The molecule has 122 valence electrons. The topological polar surface area (TPSA) is 41.1 Å². The van der Waals surface area contributed by atoms with Crippen LogP contribution in [-0.4, -0.2) is 10.9 Å². The monoisotopic (exact) mass is 360 g/mol. The molecule has 2 aromatic rings. The Morgan fingerprint density at radius 3 is 2.54 bits per heavy atom. The van der Waals surface area contributed by atoms with Gasteiger partial charge in [0.05, 0.1) is 11.7 Å². The number of Topliss-reactive ketones (excluding diaryl/α,β-unsaturated/α-hetero) is 1. The summed E-state index contributed by atoms with van der Waals surface area (Å²) < 4.78 is 13.6. The Balaban J connectivity index is 2.18. The predicted molar refractivity (Wildman–Crippen MR) is 97.1 cm³/mol. The Morgan fingerprint density at radius 1 is 1.21 bits per heavy atom. The molecule has 1 aliphatic heterocycles. The maximum absolute atomic E-state index is 13.6. The van der Waals surface area contributed by atoms with Gasteiger partial charge in [-0.15, -0.1) is 0 Å². The smallest absolute Gasteiger partial charge is 0.171 e. The molecule has 0 bridgehead atoms. The van der Waals surface area contributed by atoms with Crippen molar-refractivity contribution in [2.75, 3.05) is 0 Å². The standard InChI is InChI=1S/C18H14ClFN2OS/c1-10(23)15-16(11-5-7-13(19)8-6-11)21-18(24)22-17(15)12-3-2-4-14(20)9-12/h2-9,17H,1H3,(H2,21,22,24)/t17-/m1/s1. The summed E-state index contributed by atoms with van der Waals surface area (Å²) in [6, 6.07) is 12.7. The fourth-order valence-corrected chi connectivity index (χ4v) is 3.07. The van der Waals surface area contributed by atoms with E-state index in [0.717, 1.165) is 5.56 Å². The molecular formula is C18H14ClFN2OS. The maximum atomic E-state index is 13.6. The summed E-state index contributed by atoms with van der Waals surface area (Å²) in [6.45, 7) is 1.48. The zero-order chi connectivity index (χ0) is 17.3. The van der Waals surface area contributed by atoms with Gasteiger partial charge in [-0.25, -0.2) is 4.39 Å². The zero-order valence-electron chi connectivity index (χ0n) is 12.8. The molecule has 2 aromatic carbocycles. The quantitative estimate of drug-likeness (QED) is 0.812. The number of ketones is 1. The molecule has 0 fully saturated rings. The number of rotatable bonds is 3. The third-order valence-electron chi connectivity index (χ3n) is 3.77. The minimum Gasteiger partial charge on any atom is -0.351 e. The summed E-state index contributed by atoms with van der Waals surface area (Å²) in [7, 11) is 0. The Bertz CT molecular complexity index is 848. The molecule has 6 heteroatoms. The zero-order valence-corrected chi connectivity index (χ0v) is 14.3. The lowest BCUT2D eigenvalue weighted by atomic mass is 9.90. The molecule has 24 heavy (non-hydrogen) atoms. The van der Waals surface area contributed by atoms with Crippen LogP contribution < -0.4 is 10.6 Å². The summed E-state index contributed by atoms with van der Waals surface area (Å²) in [6.07, 6.45) is 0. The lowest BCUT2D eigenvalue weighted by molar-refractivity contribution is -0.113.